The molecule has 0 fully saturated rings. The summed E-state index contributed by atoms with van der Waals surface area (Å²) in [7, 11) is 0. The number of aryl methyl sites for hydroxylation is 1. The number of hydrogen-bond donors (Lipinski definition) is 2. The molecule has 6 heteroatoms. The summed E-state index contributed by atoms with van der Waals surface area (Å²) >= 11 is 1.61. The van der Waals surface area contributed by atoms with Gasteiger partial charge in [0, 0.05) is 16.8 Å². The Bertz CT molecular complexity index is 699. The number of benzene rings is 1. The SMILES string of the molecule is CSc1ccc(C(CC(=O)O)NC(=O)Cc2ccc(C)nc2)cc1. The number of carbonyl (C=O) groups is 2. The second-order valence-electron chi connectivity index (χ2n) is 5.48. The lowest BCUT2D eigenvalue weighted by Gasteiger charge is -2.18. The van der Waals surface area contributed by atoms with Crippen molar-refractivity contribution in [1.29, 1.82) is 0 Å². The van der Waals surface area contributed by atoms with Gasteiger partial charge in [-0.15, -0.1) is 11.8 Å². The van der Waals surface area contributed by atoms with Crippen molar-refractivity contribution >= 4 is 23.6 Å². The Morgan fingerprint density at radius 1 is 1.21 bits per heavy atom. The summed E-state index contributed by atoms with van der Waals surface area (Å²) in [5, 5.41) is 11.9. The summed E-state index contributed by atoms with van der Waals surface area (Å²) in [6, 6.07) is 10.7. The molecule has 24 heavy (non-hydrogen) atoms. The van der Waals surface area contributed by atoms with Crippen LogP contribution >= 0.6 is 11.8 Å². The zero-order chi connectivity index (χ0) is 17.5. The highest BCUT2D eigenvalue weighted by atomic mass is 32.2. The molecule has 0 saturated carbocycles. The lowest BCUT2D eigenvalue weighted by molar-refractivity contribution is -0.137. The number of nitrogens with one attached hydrogen (secondary N) is 1. The first-order chi connectivity index (χ1) is 11.5. The number of carboxylic acid groups (broad SMARTS) is 1. The van der Waals surface area contributed by atoms with Crippen LogP contribution in [0.25, 0.3) is 0 Å². The number of nitrogens with zero attached hydrogens (tertiary/aromatic N) is 1. The quantitative estimate of drug-likeness (QED) is 0.755. The minimum atomic E-state index is -0.953. The van der Waals surface area contributed by atoms with E-state index in [4.69, 9.17) is 5.11 Å². The minimum Gasteiger partial charge on any atom is -0.481 e. The van der Waals surface area contributed by atoms with Crippen molar-refractivity contribution in [3.8, 4) is 0 Å². The van der Waals surface area contributed by atoms with Gasteiger partial charge < -0.3 is 10.4 Å². The normalized spacial score (nSPS) is 11.8. The Labute approximate surface area is 145 Å². The lowest BCUT2D eigenvalue weighted by Crippen LogP contribution is -2.31. The fourth-order valence-electron chi connectivity index (χ4n) is 2.30. The van der Waals surface area contributed by atoms with Crippen molar-refractivity contribution in [2.24, 2.45) is 0 Å². The van der Waals surface area contributed by atoms with Gasteiger partial charge in [0.25, 0.3) is 0 Å². The zero-order valence-electron chi connectivity index (χ0n) is 13.7. The van der Waals surface area contributed by atoms with Crippen LogP contribution in [-0.2, 0) is 16.0 Å². The highest BCUT2D eigenvalue weighted by Gasteiger charge is 2.18. The van der Waals surface area contributed by atoms with Crippen LogP contribution < -0.4 is 5.32 Å². The molecule has 2 N–H and O–H groups in total. The van der Waals surface area contributed by atoms with E-state index in [2.05, 4.69) is 10.3 Å². The van der Waals surface area contributed by atoms with Gasteiger partial charge in [0.15, 0.2) is 0 Å². The Morgan fingerprint density at radius 2 is 1.92 bits per heavy atom. The van der Waals surface area contributed by atoms with Crippen molar-refractivity contribution in [2.45, 2.75) is 30.7 Å². The average molecular weight is 344 g/mol. The zero-order valence-corrected chi connectivity index (χ0v) is 14.5. The van der Waals surface area contributed by atoms with Gasteiger partial charge >= 0.3 is 5.97 Å². The van der Waals surface area contributed by atoms with E-state index in [1.54, 1.807) is 18.0 Å². The third-order valence-electron chi connectivity index (χ3n) is 3.57. The molecule has 1 atom stereocenters. The molecule has 2 rings (SSSR count). The predicted molar refractivity (Wildman–Crippen MR) is 94.0 cm³/mol. The fraction of sp³-hybridized carbons (Fsp3) is 0.278. The number of carboxylic acids is 1. The Morgan fingerprint density at radius 3 is 2.46 bits per heavy atom. The van der Waals surface area contributed by atoms with Crippen molar-refractivity contribution in [3.05, 3.63) is 59.4 Å². The number of amides is 1. The molecular weight excluding hydrogens is 324 g/mol. The maximum absolute atomic E-state index is 12.2. The molecule has 1 amide bonds. The smallest absolute Gasteiger partial charge is 0.305 e. The van der Waals surface area contributed by atoms with Crippen molar-refractivity contribution in [3.63, 3.8) is 0 Å². The van der Waals surface area contributed by atoms with E-state index in [1.807, 2.05) is 49.6 Å². The topological polar surface area (TPSA) is 79.3 Å². The van der Waals surface area contributed by atoms with E-state index in [1.165, 1.54) is 0 Å². The largest absolute Gasteiger partial charge is 0.481 e. The molecule has 2 aromatic rings. The standard InChI is InChI=1S/C18H20N2O3S/c1-12-3-4-13(11-19-12)9-17(21)20-16(10-18(22)23)14-5-7-15(24-2)8-6-14/h3-8,11,16H,9-10H2,1-2H3,(H,20,21)(H,22,23). The summed E-state index contributed by atoms with van der Waals surface area (Å²) in [5.41, 5.74) is 2.47. The molecule has 0 aliphatic carbocycles. The van der Waals surface area contributed by atoms with E-state index in [0.717, 1.165) is 21.7 Å². The van der Waals surface area contributed by atoms with Crippen LogP contribution in [0.5, 0.6) is 0 Å². The van der Waals surface area contributed by atoms with Crippen LogP contribution in [0.1, 0.15) is 29.3 Å². The molecule has 0 aliphatic heterocycles. The van der Waals surface area contributed by atoms with E-state index < -0.39 is 12.0 Å². The number of pyridine rings is 1. The molecule has 1 heterocycles. The van der Waals surface area contributed by atoms with Crippen LogP contribution in [0, 0.1) is 6.92 Å². The molecule has 126 valence electrons. The lowest BCUT2D eigenvalue weighted by atomic mass is 10.0. The second-order valence-corrected chi connectivity index (χ2v) is 6.36. The van der Waals surface area contributed by atoms with Gasteiger partial charge in [0.1, 0.15) is 0 Å². The molecular formula is C18H20N2O3S. The summed E-state index contributed by atoms with van der Waals surface area (Å²) in [4.78, 5) is 28.6. The number of rotatable bonds is 7. The van der Waals surface area contributed by atoms with E-state index in [0.29, 0.717) is 0 Å². The summed E-state index contributed by atoms with van der Waals surface area (Å²) < 4.78 is 0. The number of carbonyl (C=O) groups excluding carboxylic acids is 1. The first-order valence-corrected chi connectivity index (χ1v) is 8.77. The van der Waals surface area contributed by atoms with Crippen LogP contribution in [0.3, 0.4) is 0 Å². The minimum absolute atomic E-state index is 0.156. The van der Waals surface area contributed by atoms with Crippen LogP contribution in [-0.4, -0.2) is 28.2 Å². The Balaban J connectivity index is 2.08. The van der Waals surface area contributed by atoms with Crippen LogP contribution in [0.4, 0.5) is 0 Å². The average Bonchev–Trinajstić information content (AvgIpc) is 2.56. The third kappa shape index (κ3) is 5.38. The molecule has 5 nitrogen and oxygen atoms in total. The van der Waals surface area contributed by atoms with E-state index in [9.17, 15) is 9.59 Å². The first kappa shape index (κ1) is 18.0. The summed E-state index contributed by atoms with van der Waals surface area (Å²) in [6.45, 7) is 1.88. The maximum atomic E-state index is 12.2. The highest BCUT2D eigenvalue weighted by Crippen LogP contribution is 2.21. The third-order valence-corrected chi connectivity index (χ3v) is 4.31. The van der Waals surface area contributed by atoms with Gasteiger partial charge in [-0.2, -0.15) is 0 Å². The van der Waals surface area contributed by atoms with E-state index >= 15 is 0 Å². The fourth-order valence-corrected chi connectivity index (χ4v) is 2.71. The van der Waals surface area contributed by atoms with Gasteiger partial charge in [-0.05, 0) is 42.5 Å². The molecule has 0 spiro atoms. The molecule has 0 saturated heterocycles. The molecule has 1 aromatic carbocycles. The monoisotopic (exact) mass is 344 g/mol. The van der Waals surface area contributed by atoms with Gasteiger partial charge in [0.05, 0.1) is 18.9 Å². The Kier molecular flexibility index (Phi) is 6.37. The molecule has 1 unspecified atom stereocenters. The molecule has 1 aromatic heterocycles. The van der Waals surface area contributed by atoms with Gasteiger partial charge in [-0.25, -0.2) is 0 Å². The van der Waals surface area contributed by atoms with E-state index in [-0.39, 0.29) is 18.7 Å². The number of thioether (sulfide) groups is 1. The summed E-state index contributed by atoms with van der Waals surface area (Å²) in [6.07, 6.45) is 3.65. The molecule has 0 bridgehead atoms. The second kappa shape index (κ2) is 8.49. The Hall–Kier alpha value is -2.34. The van der Waals surface area contributed by atoms with Crippen LogP contribution in [0.2, 0.25) is 0 Å². The number of aliphatic carboxylic acids is 1. The predicted octanol–water partition coefficient (Wildman–Crippen LogP) is 2.99. The van der Waals surface area contributed by atoms with Crippen molar-refractivity contribution in [1.82, 2.24) is 10.3 Å². The summed E-state index contributed by atoms with van der Waals surface area (Å²) in [5.74, 6) is -1.17. The highest BCUT2D eigenvalue weighted by molar-refractivity contribution is 7.98. The molecule has 0 aliphatic rings. The van der Waals surface area contributed by atoms with Crippen molar-refractivity contribution < 1.29 is 14.7 Å². The van der Waals surface area contributed by atoms with Gasteiger partial charge in [-0.3, -0.25) is 14.6 Å². The first-order valence-electron chi connectivity index (χ1n) is 7.54. The number of aromatic nitrogens is 1. The molecule has 0 radical (unpaired) electrons. The number of hydrogen-bond acceptors (Lipinski definition) is 4. The maximum Gasteiger partial charge on any atom is 0.305 e. The van der Waals surface area contributed by atoms with Gasteiger partial charge in [-0.1, -0.05) is 18.2 Å². The van der Waals surface area contributed by atoms with Crippen molar-refractivity contribution in [2.75, 3.05) is 6.26 Å². The van der Waals surface area contributed by atoms with Crippen LogP contribution in [0.15, 0.2) is 47.5 Å². The van der Waals surface area contributed by atoms with Gasteiger partial charge in [0.2, 0.25) is 5.91 Å².